The molecule has 0 aliphatic heterocycles. The first-order valence-corrected chi connectivity index (χ1v) is 5.08. The molecule has 0 bridgehead atoms. The zero-order valence-corrected chi connectivity index (χ0v) is 8.44. The molecule has 0 rings (SSSR count). The molecule has 0 fully saturated rings. The van der Waals surface area contributed by atoms with E-state index in [0.717, 1.165) is 12.8 Å². The molecule has 1 radical (unpaired) electrons. The summed E-state index contributed by atoms with van der Waals surface area (Å²) in [5.74, 6) is 0.323. The molecule has 0 N–H and O–H groups in total. The maximum atomic E-state index is 10.6. The Morgan fingerprint density at radius 3 is 2.42 bits per heavy atom. The summed E-state index contributed by atoms with van der Waals surface area (Å²) in [5, 5.41) is 0. The average molecular weight is 169 g/mol. The van der Waals surface area contributed by atoms with Crippen LogP contribution in [0, 0.1) is 6.42 Å². The number of Topliss-reactive ketones (excluding diaryl/α,β-unsaturated/α-hetero) is 1. The van der Waals surface area contributed by atoms with Crippen LogP contribution in [0.4, 0.5) is 0 Å². The molecule has 0 aromatic heterocycles. The minimum atomic E-state index is 0.323. The minimum absolute atomic E-state index is 0.323. The zero-order chi connectivity index (χ0) is 9.23. The van der Waals surface area contributed by atoms with E-state index < -0.39 is 0 Å². The van der Waals surface area contributed by atoms with Crippen molar-refractivity contribution < 1.29 is 4.79 Å². The van der Waals surface area contributed by atoms with Crippen LogP contribution in [0.25, 0.3) is 0 Å². The highest BCUT2D eigenvalue weighted by Crippen LogP contribution is 2.07. The van der Waals surface area contributed by atoms with Crippen LogP contribution in [0.3, 0.4) is 0 Å². The van der Waals surface area contributed by atoms with Crippen molar-refractivity contribution in [2.24, 2.45) is 0 Å². The smallest absolute Gasteiger partial charge is 0.129 e. The van der Waals surface area contributed by atoms with Crippen molar-refractivity contribution in [1.82, 2.24) is 0 Å². The van der Waals surface area contributed by atoms with E-state index in [1.54, 1.807) is 6.92 Å². The Labute approximate surface area is 76.6 Å². The summed E-state index contributed by atoms with van der Waals surface area (Å²) in [4.78, 5) is 10.6. The normalized spacial score (nSPS) is 10.2. The summed E-state index contributed by atoms with van der Waals surface area (Å²) in [6, 6.07) is 0. The Bertz CT molecular complexity index is 108. The first kappa shape index (κ1) is 11.7. The lowest BCUT2D eigenvalue weighted by Gasteiger charge is -1.98. The molecule has 1 heteroatoms. The van der Waals surface area contributed by atoms with Crippen molar-refractivity contribution in [3.63, 3.8) is 0 Å². The van der Waals surface area contributed by atoms with E-state index in [0.29, 0.717) is 5.78 Å². The molecular formula is C11H21O. The lowest BCUT2D eigenvalue weighted by molar-refractivity contribution is -0.117. The van der Waals surface area contributed by atoms with Gasteiger partial charge in [-0.3, -0.25) is 0 Å². The number of rotatable bonds is 8. The van der Waals surface area contributed by atoms with Crippen LogP contribution in [0.2, 0.25) is 0 Å². The lowest BCUT2D eigenvalue weighted by Crippen LogP contribution is -1.89. The average Bonchev–Trinajstić information content (AvgIpc) is 2.02. The summed E-state index contributed by atoms with van der Waals surface area (Å²) in [6.07, 6.45) is 10.4. The fourth-order valence-electron chi connectivity index (χ4n) is 1.16. The quantitative estimate of drug-likeness (QED) is 0.508. The van der Waals surface area contributed by atoms with Crippen molar-refractivity contribution in [3.05, 3.63) is 6.42 Å². The van der Waals surface area contributed by atoms with Crippen LogP contribution < -0.4 is 0 Å². The third-order valence-corrected chi connectivity index (χ3v) is 1.95. The fraction of sp³-hybridized carbons (Fsp3) is 0.818. The van der Waals surface area contributed by atoms with Gasteiger partial charge in [0, 0.05) is 6.42 Å². The molecule has 0 aliphatic rings. The molecule has 0 heterocycles. The van der Waals surface area contributed by atoms with Crippen molar-refractivity contribution in [2.75, 3.05) is 0 Å². The molecule has 71 valence electrons. The third-order valence-electron chi connectivity index (χ3n) is 1.95. The van der Waals surface area contributed by atoms with Gasteiger partial charge < -0.3 is 4.79 Å². The van der Waals surface area contributed by atoms with Gasteiger partial charge in [0.15, 0.2) is 0 Å². The van der Waals surface area contributed by atoms with Gasteiger partial charge in [-0.25, -0.2) is 0 Å². The molecule has 0 atom stereocenters. The van der Waals surface area contributed by atoms with Crippen LogP contribution in [-0.4, -0.2) is 5.78 Å². The predicted octanol–water partition coefficient (Wildman–Crippen LogP) is 3.53. The van der Waals surface area contributed by atoms with Crippen molar-refractivity contribution in [3.8, 4) is 0 Å². The molecule has 0 amide bonds. The summed E-state index contributed by atoms with van der Waals surface area (Å²) in [6.45, 7) is 3.88. The Morgan fingerprint density at radius 2 is 1.83 bits per heavy atom. The Hall–Kier alpha value is -0.330. The Morgan fingerprint density at radius 1 is 1.17 bits per heavy atom. The van der Waals surface area contributed by atoms with Gasteiger partial charge in [0.2, 0.25) is 0 Å². The molecule has 1 nitrogen and oxygen atoms in total. The minimum Gasteiger partial charge on any atom is -0.300 e. The van der Waals surface area contributed by atoms with Crippen LogP contribution in [0.1, 0.15) is 58.8 Å². The van der Waals surface area contributed by atoms with Gasteiger partial charge in [-0.1, -0.05) is 39.0 Å². The van der Waals surface area contributed by atoms with Crippen LogP contribution in [-0.2, 0) is 4.79 Å². The molecule has 0 spiro atoms. The number of hydrogen-bond donors (Lipinski definition) is 0. The summed E-state index contributed by atoms with van der Waals surface area (Å²) >= 11 is 0. The van der Waals surface area contributed by atoms with Gasteiger partial charge in [0.05, 0.1) is 0 Å². The highest BCUT2D eigenvalue weighted by Gasteiger charge is 1.93. The maximum absolute atomic E-state index is 10.6. The number of carbonyl (C=O) groups is 1. The van der Waals surface area contributed by atoms with E-state index in [1.807, 2.05) is 0 Å². The van der Waals surface area contributed by atoms with Crippen LogP contribution in [0.15, 0.2) is 0 Å². The predicted molar refractivity (Wildman–Crippen MR) is 53.0 cm³/mol. The molecular weight excluding hydrogens is 148 g/mol. The Balaban J connectivity index is 2.86. The topological polar surface area (TPSA) is 17.1 Å². The van der Waals surface area contributed by atoms with Gasteiger partial charge >= 0.3 is 0 Å². The number of ketones is 1. The molecule has 0 aromatic carbocycles. The van der Waals surface area contributed by atoms with Crippen LogP contribution in [0.5, 0.6) is 0 Å². The van der Waals surface area contributed by atoms with E-state index in [4.69, 9.17) is 0 Å². The molecule has 0 aromatic rings. The van der Waals surface area contributed by atoms with Crippen molar-refractivity contribution in [2.45, 2.75) is 58.8 Å². The molecule has 12 heavy (non-hydrogen) atoms. The van der Waals surface area contributed by atoms with E-state index in [-0.39, 0.29) is 0 Å². The third kappa shape index (κ3) is 9.67. The first-order chi connectivity index (χ1) is 5.77. The Kier molecular flexibility index (Phi) is 8.52. The SMILES string of the molecule is CCCC[CH]CCCCC(C)=O. The second kappa shape index (κ2) is 8.76. The van der Waals surface area contributed by atoms with Crippen molar-refractivity contribution >= 4 is 5.78 Å². The highest BCUT2D eigenvalue weighted by molar-refractivity contribution is 5.75. The van der Waals surface area contributed by atoms with E-state index in [2.05, 4.69) is 13.3 Å². The number of hydrogen-bond acceptors (Lipinski definition) is 1. The molecule has 0 saturated carbocycles. The molecule has 0 unspecified atom stereocenters. The van der Waals surface area contributed by atoms with Gasteiger partial charge in [0.1, 0.15) is 5.78 Å². The van der Waals surface area contributed by atoms with E-state index in [9.17, 15) is 4.79 Å². The monoisotopic (exact) mass is 169 g/mol. The van der Waals surface area contributed by atoms with Gasteiger partial charge in [0.25, 0.3) is 0 Å². The molecule has 0 saturated heterocycles. The standard InChI is InChI=1S/C11H21O/c1-3-4-5-6-7-8-9-10-11(2)12/h6H,3-5,7-10H2,1-2H3. The highest BCUT2D eigenvalue weighted by atomic mass is 16.1. The van der Waals surface area contributed by atoms with Gasteiger partial charge in [-0.2, -0.15) is 0 Å². The summed E-state index contributed by atoms with van der Waals surface area (Å²) < 4.78 is 0. The number of unbranched alkanes of at least 4 members (excludes halogenated alkanes) is 6. The second-order valence-corrected chi connectivity index (χ2v) is 3.38. The maximum Gasteiger partial charge on any atom is 0.129 e. The largest absolute Gasteiger partial charge is 0.300 e. The number of carbonyl (C=O) groups excluding carboxylic acids is 1. The second-order valence-electron chi connectivity index (χ2n) is 3.38. The van der Waals surface area contributed by atoms with Crippen LogP contribution >= 0.6 is 0 Å². The summed E-state index contributed by atoms with van der Waals surface area (Å²) in [5.41, 5.74) is 0. The first-order valence-electron chi connectivity index (χ1n) is 5.08. The fourth-order valence-corrected chi connectivity index (χ4v) is 1.16. The zero-order valence-electron chi connectivity index (χ0n) is 8.44. The van der Waals surface area contributed by atoms with E-state index >= 15 is 0 Å². The molecule has 0 aliphatic carbocycles. The lowest BCUT2D eigenvalue weighted by atomic mass is 10.1. The summed E-state index contributed by atoms with van der Waals surface area (Å²) in [7, 11) is 0. The van der Waals surface area contributed by atoms with E-state index in [1.165, 1.54) is 32.1 Å². The van der Waals surface area contributed by atoms with Gasteiger partial charge in [-0.15, -0.1) is 0 Å². The van der Waals surface area contributed by atoms with Gasteiger partial charge in [-0.05, 0) is 19.8 Å². The van der Waals surface area contributed by atoms with Crippen molar-refractivity contribution in [1.29, 1.82) is 0 Å².